The molecule has 0 atom stereocenters. The van der Waals surface area contributed by atoms with Gasteiger partial charge in [0.15, 0.2) is 11.4 Å². The van der Waals surface area contributed by atoms with Gasteiger partial charge in [0, 0.05) is 17.1 Å². The minimum Gasteiger partial charge on any atom is -0.505 e. The molecule has 9 heteroatoms. The van der Waals surface area contributed by atoms with E-state index in [0.717, 1.165) is 0 Å². The zero-order chi connectivity index (χ0) is 25.2. The third-order valence-corrected chi connectivity index (χ3v) is 5.63. The van der Waals surface area contributed by atoms with Crippen LogP contribution in [-0.4, -0.2) is 30.8 Å². The van der Waals surface area contributed by atoms with Gasteiger partial charge in [0.25, 0.3) is 0 Å². The molecule has 3 N–H and O–H groups in total. The molecule has 5 rings (SSSR count). The van der Waals surface area contributed by atoms with Gasteiger partial charge in [-0.3, -0.25) is 9.55 Å². The quantitative estimate of drug-likeness (QED) is 0.262. The van der Waals surface area contributed by atoms with Gasteiger partial charge in [-0.2, -0.15) is 5.26 Å². The molecule has 0 spiro atoms. The number of aromatic nitrogens is 2. The van der Waals surface area contributed by atoms with Crippen molar-refractivity contribution in [1.29, 1.82) is 5.26 Å². The molecule has 0 saturated heterocycles. The van der Waals surface area contributed by atoms with Crippen molar-refractivity contribution in [3.63, 3.8) is 0 Å². The predicted octanol–water partition coefficient (Wildman–Crippen LogP) is 6.09. The first-order valence-corrected chi connectivity index (χ1v) is 10.7. The number of carbonyl (C=O) groups is 1. The van der Waals surface area contributed by atoms with Crippen molar-refractivity contribution in [3.05, 3.63) is 96.3 Å². The molecule has 0 aliphatic heterocycles. The van der Waals surface area contributed by atoms with E-state index in [0.29, 0.717) is 33.3 Å². The topological polar surface area (TPSA) is 144 Å². The molecule has 0 radical (unpaired) electrons. The maximum absolute atomic E-state index is 11.3. The molecule has 0 aliphatic carbocycles. The van der Waals surface area contributed by atoms with Gasteiger partial charge in [0.1, 0.15) is 11.8 Å². The molecule has 174 valence electrons. The lowest BCUT2D eigenvalue weighted by atomic mass is 10.0. The minimum atomic E-state index is -1.07. The van der Waals surface area contributed by atoms with Gasteiger partial charge in [-0.05, 0) is 35.9 Å². The number of para-hydroxylation sites is 2. The van der Waals surface area contributed by atoms with Gasteiger partial charge in [-0.15, -0.1) is 10.2 Å². The Morgan fingerprint density at radius 1 is 0.944 bits per heavy atom. The Morgan fingerprint density at radius 3 is 2.56 bits per heavy atom. The Morgan fingerprint density at radius 2 is 1.75 bits per heavy atom. The zero-order valence-electron chi connectivity index (χ0n) is 18.6. The number of hydrogen-bond donors (Lipinski definition) is 3. The highest BCUT2D eigenvalue weighted by atomic mass is 16.4. The van der Waals surface area contributed by atoms with E-state index in [1.54, 1.807) is 60.7 Å². The van der Waals surface area contributed by atoms with Crippen molar-refractivity contribution in [2.45, 2.75) is 0 Å². The van der Waals surface area contributed by atoms with E-state index < -0.39 is 5.97 Å². The summed E-state index contributed by atoms with van der Waals surface area (Å²) in [4.78, 5) is 15.4. The summed E-state index contributed by atoms with van der Waals surface area (Å²) >= 11 is 0. The van der Waals surface area contributed by atoms with Crippen LogP contribution in [0.3, 0.4) is 0 Å². The fourth-order valence-electron chi connectivity index (χ4n) is 3.95. The van der Waals surface area contributed by atoms with Crippen molar-refractivity contribution in [3.8, 4) is 34.5 Å². The Kier molecular flexibility index (Phi) is 5.60. The second-order valence-corrected chi connectivity index (χ2v) is 7.83. The van der Waals surface area contributed by atoms with Crippen molar-refractivity contribution in [2.75, 3.05) is 0 Å². The SMILES string of the molecule is N#Cc1cncc(-n2c(O)c(N=Nc3cccc(-c4cccc(C(=O)O)c4)c3O)c3ccccc32)c1. The monoisotopic (exact) mass is 475 g/mol. The molecule has 9 nitrogen and oxygen atoms in total. The van der Waals surface area contributed by atoms with Gasteiger partial charge in [0.2, 0.25) is 5.88 Å². The first-order chi connectivity index (χ1) is 17.5. The summed E-state index contributed by atoms with van der Waals surface area (Å²) in [5, 5.41) is 49.5. The number of rotatable bonds is 5. The Labute approximate surface area is 204 Å². The lowest BCUT2D eigenvalue weighted by Gasteiger charge is -2.07. The lowest BCUT2D eigenvalue weighted by Crippen LogP contribution is -1.95. The van der Waals surface area contributed by atoms with Crippen molar-refractivity contribution >= 4 is 28.2 Å². The average Bonchev–Trinajstić information content (AvgIpc) is 3.19. The molecule has 36 heavy (non-hydrogen) atoms. The smallest absolute Gasteiger partial charge is 0.335 e. The number of hydrogen-bond acceptors (Lipinski definition) is 7. The summed E-state index contributed by atoms with van der Waals surface area (Å²) in [5.74, 6) is -1.46. The summed E-state index contributed by atoms with van der Waals surface area (Å²) in [6, 6.07) is 21.9. The summed E-state index contributed by atoms with van der Waals surface area (Å²) in [6.45, 7) is 0. The van der Waals surface area contributed by atoms with Crippen LogP contribution in [0.15, 0.2) is 95.4 Å². The number of carboxylic acids is 1. The summed E-state index contributed by atoms with van der Waals surface area (Å²) in [5.41, 5.74) is 2.74. The minimum absolute atomic E-state index is 0.0895. The third-order valence-electron chi connectivity index (χ3n) is 5.63. The molecule has 5 aromatic rings. The summed E-state index contributed by atoms with van der Waals surface area (Å²) in [7, 11) is 0. The van der Waals surface area contributed by atoms with Crippen LogP contribution in [0.2, 0.25) is 0 Å². The Hall–Kier alpha value is -5.49. The Balaban J connectivity index is 1.60. The molecule has 2 heterocycles. The maximum atomic E-state index is 11.3. The number of phenolic OH excluding ortho intramolecular Hbond substituents is 1. The number of nitrogens with zero attached hydrogens (tertiary/aromatic N) is 5. The number of aromatic hydroxyl groups is 2. The maximum Gasteiger partial charge on any atom is 0.335 e. The number of nitriles is 1. The Bertz CT molecular complexity index is 1720. The standard InChI is InChI=1S/C27H17N5O4/c28-13-16-11-19(15-29-14-16)32-23-10-2-1-7-21(23)24(26(32)34)31-30-22-9-4-8-20(25(22)33)17-5-3-6-18(12-17)27(35)36/h1-12,14-15,33-34H,(H,35,36). The van der Waals surface area contributed by atoms with Crippen LogP contribution in [0, 0.1) is 11.3 Å². The fourth-order valence-corrected chi connectivity index (χ4v) is 3.95. The van der Waals surface area contributed by atoms with Gasteiger partial charge in [-0.25, -0.2) is 4.79 Å². The van der Waals surface area contributed by atoms with E-state index in [4.69, 9.17) is 0 Å². The first-order valence-electron chi connectivity index (χ1n) is 10.7. The molecule has 2 aromatic heterocycles. The van der Waals surface area contributed by atoms with Crippen LogP contribution in [0.25, 0.3) is 27.7 Å². The van der Waals surface area contributed by atoms with Gasteiger partial charge >= 0.3 is 5.97 Å². The molecule has 0 amide bonds. The van der Waals surface area contributed by atoms with E-state index in [-0.39, 0.29) is 28.6 Å². The molecule has 0 saturated carbocycles. The van der Waals surface area contributed by atoms with Gasteiger partial charge in [0.05, 0.1) is 28.5 Å². The molecule has 0 fully saturated rings. The molecule has 0 bridgehead atoms. The number of aromatic carboxylic acids is 1. The molecular formula is C27H17N5O4. The number of azo groups is 1. The van der Waals surface area contributed by atoms with Crippen LogP contribution in [-0.2, 0) is 0 Å². The van der Waals surface area contributed by atoms with Crippen LogP contribution < -0.4 is 0 Å². The lowest BCUT2D eigenvalue weighted by molar-refractivity contribution is 0.0697. The van der Waals surface area contributed by atoms with Gasteiger partial charge in [-0.1, -0.05) is 42.5 Å². The number of phenols is 1. The fraction of sp³-hybridized carbons (Fsp3) is 0. The van der Waals surface area contributed by atoms with Gasteiger partial charge < -0.3 is 15.3 Å². The van der Waals surface area contributed by atoms with Crippen LogP contribution in [0.1, 0.15) is 15.9 Å². The van der Waals surface area contributed by atoms with Crippen molar-refractivity contribution in [2.24, 2.45) is 10.2 Å². The second-order valence-electron chi connectivity index (χ2n) is 7.83. The second kappa shape index (κ2) is 9.04. The highest BCUT2D eigenvalue weighted by Gasteiger charge is 2.19. The highest BCUT2D eigenvalue weighted by molar-refractivity contribution is 5.96. The predicted molar refractivity (Wildman–Crippen MR) is 132 cm³/mol. The largest absolute Gasteiger partial charge is 0.505 e. The molecular weight excluding hydrogens is 458 g/mol. The van der Waals surface area contributed by atoms with E-state index in [1.165, 1.54) is 29.1 Å². The van der Waals surface area contributed by atoms with Crippen molar-refractivity contribution < 1.29 is 20.1 Å². The molecule has 0 aliphatic rings. The zero-order valence-corrected chi connectivity index (χ0v) is 18.6. The van der Waals surface area contributed by atoms with E-state index in [9.17, 15) is 25.4 Å². The first kappa shape index (κ1) is 22.3. The molecule has 3 aromatic carbocycles. The number of benzene rings is 3. The van der Waals surface area contributed by atoms with E-state index in [1.807, 2.05) is 6.07 Å². The third kappa shape index (κ3) is 3.89. The highest BCUT2D eigenvalue weighted by Crippen LogP contribution is 2.43. The summed E-state index contributed by atoms with van der Waals surface area (Å²) in [6.07, 6.45) is 2.95. The molecule has 0 unspecified atom stereocenters. The van der Waals surface area contributed by atoms with Crippen LogP contribution >= 0.6 is 0 Å². The van der Waals surface area contributed by atoms with Crippen LogP contribution in [0.4, 0.5) is 11.4 Å². The van der Waals surface area contributed by atoms with Crippen molar-refractivity contribution in [1.82, 2.24) is 9.55 Å². The number of fused-ring (bicyclic) bond motifs is 1. The van der Waals surface area contributed by atoms with Crippen LogP contribution in [0.5, 0.6) is 11.6 Å². The average molecular weight is 475 g/mol. The normalized spacial score (nSPS) is 11.1. The number of carboxylic acid groups (broad SMARTS) is 1. The number of pyridine rings is 1. The van der Waals surface area contributed by atoms with E-state index >= 15 is 0 Å². The van der Waals surface area contributed by atoms with E-state index in [2.05, 4.69) is 15.2 Å². The summed E-state index contributed by atoms with van der Waals surface area (Å²) < 4.78 is 1.52.